The molecule has 0 saturated carbocycles. The van der Waals surface area contributed by atoms with Crippen LogP contribution in [0.4, 0.5) is 0 Å². The van der Waals surface area contributed by atoms with E-state index in [1.165, 1.54) is 22.3 Å². The molecule has 0 aliphatic carbocycles. The zero-order valence-corrected chi connectivity index (χ0v) is 19.3. The summed E-state index contributed by atoms with van der Waals surface area (Å²) in [6.07, 6.45) is 0. The number of hydrogen-bond donors (Lipinski definition) is 0. The second kappa shape index (κ2) is 9.37. The molecule has 0 fully saturated rings. The molecule has 0 heterocycles. The summed E-state index contributed by atoms with van der Waals surface area (Å²) in [6.45, 7) is 8.33. The molecule has 0 radical (unpaired) electrons. The first-order valence-electron chi connectivity index (χ1n) is 10.5. The maximum absolute atomic E-state index is 6.46. The molecule has 0 bridgehead atoms. The molecule has 156 valence electrons. The van der Waals surface area contributed by atoms with Crippen LogP contribution in [0, 0.1) is 27.7 Å². The third-order valence-electron chi connectivity index (χ3n) is 5.21. The van der Waals surface area contributed by atoms with Gasteiger partial charge in [0.2, 0.25) is 0 Å². The van der Waals surface area contributed by atoms with Crippen LogP contribution in [0.25, 0.3) is 11.1 Å². The average Bonchev–Trinajstić information content (AvgIpc) is 2.77. The van der Waals surface area contributed by atoms with E-state index in [4.69, 9.17) is 9.05 Å². The predicted octanol–water partition coefficient (Wildman–Crippen LogP) is 7.68. The van der Waals surface area contributed by atoms with Gasteiger partial charge in [0.05, 0.1) is 5.30 Å². The Labute approximate surface area is 186 Å². The van der Waals surface area contributed by atoms with E-state index in [0.717, 1.165) is 27.9 Å². The minimum absolute atomic E-state index is 0.855. The fourth-order valence-electron chi connectivity index (χ4n) is 3.51. The quantitative estimate of drug-likeness (QED) is 0.294. The van der Waals surface area contributed by atoms with Gasteiger partial charge in [-0.2, -0.15) is 0 Å². The van der Waals surface area contributed by atoms with E-state index in [2.05, 4.69) is 100 Å². The molecule has 0 unspecified atom stereocenters. The molecule has 0 atom stereocenters. The third-order valence-corrected chi connectivity index (χ3v) is 6.65. The monoisotopic (exact) mass is 426 g/mol. The Morgan fingerprint density at radius 2 is 1.00 bits per heavy atom. The zero-order valence-electron chi connectivity index (χ0n) is 18.4. The van der Waals surface area contributed by atoms with Gasteiger partial charge in [-0.25, -0.2) is 0 Å². The molecule has 4 rings (SSSR count). The first-order valence-corrected chi connectivity index (χ1v) is 11.6. The second-order valence-electron chi connectivity index (χ2n) is 7.89. The summed E-state index contributed by atoms with van der Waals surface area (Å²) in [7, 11) is -1.34. The van der Waals surface area contributed by atoms with Crippen molar-refractivity contribution in [3.8, 4) is 22.6 Å². The summed E-state index contributed by atoms with van der Waals surface area (Å²) in [6, 6.07) is 31.4. The Bertz CT molecular complexity index is 1110. The van der Waals surface area contributed by atoms with Crippen molar-refractivity contribution in [2.45, 2.75) is 27.7 Å². The van der Waals surface area contributed by atoms with Crippen molar-refractivity contribution in [2.75, 3.05) is 0 Å². The van der Waals surface area contributed by atoms with Crippen molar-refractivity contribution in [1.29, 1.82) is 0 Å². The molecule has 0 aromatic heterocycles. The molecule has 0 N–H and O–H groups in total. The minimum Gasteiger partial charge on any atom is -0.435 e. The van der Waals surface area contributed by atoms with Crippen LogP contribution in [0.3, 0.4) is 0 Å². The minimum atomic E-state index is -1.34. The van der Waals surface area contributed by atoms with Gasteiger partial charge in [0.25, 0.3) is 0 Å². The van der Waals surface area contributed by atoms with E-state index < -0.39 is 8.38 Å². The molecule has 31 heavy (non-hydrogen) atoms. The first kappa shape index (κ1) is 21.2. The van der Waals surface area contributed by atoms with Gasteiger partial charge in [0.1, 0.15) is 11.5 Å². The lowest BCUT2D eigenvalue weighted by molar-refractivity contribution is 0.497. The van der Waals surface area contributed by atoms with Crippen LogP contribution < -0.4 is 14.4 Å². The highest BCUT2D eigenvalue weighted by atomic mass is 31.2. The molecule has 2 nitrogen and oxygen atoms in total. The largest absolute Gasteiger partial charge is 0.435 e. The maximum Gasteiger partial charge on any atom is 0.326 e. The van der Waals surface area contributed by atoms with E-state index in [1.54, 1.807) is 0 Å². The van der Waals surface area contributed by atoms with E-state index in [1.807, 2.05) is 18.2 Å². The summed E-state index contributed by atoms with van der Waals surface area (Å²) in [5.74, 6) is 1.71. The van der Waals surface area contributed by atoms with Crippen molar-refractivity contribution in [1.82, 2.24) is 0 Å². The van der Waals surface area contributed by atoms with Crippen molar-refractivity contribution in [3.05, 3.63) is 113 Å². The van der Waals surface area contributed by atoms with E-state index in [9.17, 15) is 0 Å². The molecule has 0 amide bonds. The normalized spacial score (nSPS) is 10.9. The van der Waals surface area contributed by atoms with Gasteiger partial charge in [0, 0.05) is 0 Å². The number of hydrogen-bond acceptors (Lipinski definition) is 2. The lowest BCUT2D eigenvalue weighted by atomic mass is 10.1. The zero-order chi connectivity index (χ0) is 21.8. The molecule has 0 aliphatic rings. The SMILES string of the molecule is Cc1ccc(OP(Oc2ccc(C)cc2C)c2ccc(-c3ccccc3)cc2)c(C)c1. The molecular formula is C28H27O2P. The van der Waals surface area contributed by atoms with Gasteiger partial charge in [-0.15, -0.1) is 0 Å². The topological polar surface area (TPSA) is 18.5 Å². The maximum atomic E-state index is 6.46. The Morgan fingerprint density at radius 3 is 1.48 bits per heavy atom. The Balaban J connectivity index is 1.67. The summed E-state index contributed by atoms with van der Waals surface area (Å²) < 4.78 is 12.9. The van der Waals surface area contributed by atoms with Crippen LogP contribution in [0.1, 0.15) is 22.3 Å². The fraction of sp³-hybridized carbons (Fsp3) is 0.143. The van der Waals surface area contributed by atoms with Crippen LogP contribution in [0.2, 0.25) is 0 Å². The van der Waals surface area contributed by atoms with Gasteiger partial charge in [-0.05, 0) is 74.2 Å². The molecule has 0 aliphatic heterocycles. The van der Waals surface area contributed by atoms with Crippen molar-refractivity contribution >= 4 is 13.7 Å². The van der Waals surface area contributed by atoms with Crippen LogP contribution in [-0.4, -0.2) is 0 Å². The van der Waals surface area contributed by atoms with Gasteiger partial charge in [-0.3, -0.25) is 0 Å². The van der Waals surface area contributed by atoms with E-state index in [0.29, 0.717) is 0 Å². The Hall–Kier alpha value is -3.09. The van der Waals surface area contributed by atoms with Gasteiger partial charge < -0.3 is 9.05 Å². The van der Waals surface area contributed by atoms with E-state index in [-0.39, 0.29) is 0 Å². The van der Waals surface area contributed by atoms with Crippen LogP contribution >= 0.6 is 8.38 Å². The van der Waals surface area contributed by atoms with Crippen LogP contribution in [0.15, 0.2) is 91.0 Å². The standard InChI is InChI=1S/C28H27O2P/c1-20-10-16-27(22(3)18-20)29-31(30-28-17-11-21(2)19-23(28)4)26-14-12-25(13-15-26)24-8-6-5-7-9-24/h5-19H,1-4H3. The first-order chi connectivity index (χ1) is 15.0. The molecule has 0 spiro atoms. The summed E-state index contributed by atoms with van der Waals surface area (Å²) in [5, 5.41) is 1.04. The third kappa shape index (κ3) is 5.16. The van der Waals surface area contributed by atoms with Crippen molar-refractivity contribution < 1.29 is 9.05 Å². The molecule has 4 aromatic carbocycles. The number of benzene rings is 4. The number of aryl methyl sites for hydroxylation is 4. The highest BCUT2D eigenvalue weighted by Gasteiger charge is 2.20. The molecule has 0 saturated heterocycles. The average molecular weight is 426 g/mol. The molecular weight excluding hydrogens is 399 g/mol. The predicted molar refractivity (Wildman–Crippen MR) is 132 cm³/mol. The highest BCUT2D eigenvalue weighted by molar-refractivity contribution is 7.56. The molecule has 3 heteroatoms. The number of rotatable bonds is 6. The van der Waals surface area contributed by atoms with Crippen LogP contribution in [-0.2, 0) is 0 Å². The smallest absolute Gasteiger partial charge is 0.326 e. The highest BCUT2D eigenvalue weighted by Crippen LogP contribution is 2.42. The summed E-state index contributed by atoms with van der Waals surface area (Å²) in [5.41, 5.74) is 7.03. The van der Waals surface area contributed by atoms with Gasteiger partial charge >= 0.3 is 8.38 Å². The Kier molecular flexibility index (Phi) is 6.39. The van der Waals surface area contributed by atoms with Gasteiger partial charge in [0.15, 0.2) is 0 Å². The van der Waals surface area contributed by atoms with E-state index >= 15 is 0 Å². The van der Waals surface area contributed by atoms with Crippen molar-refractivity contribution in [2.24, 2.45) is 0 Å². The Morgan fingerprint density at radius 1 is 0.516 bits per heavy atom. The second-order valence-corrected chi connectivity index (χ2v) is 9.29. The lowest BCUT2D eigenvalue weighted by Gasteiger charge is -2.21. The summed E-state index contributed by atoms with van der Waals surface area (Å²) >= 11 is 0. The lowest BCUT2D eigenvalue weighted by Crippen LogP contribution is -2.11. The fourth-order valence-corrected chi connectivity index (χ4v) is 4.92. The van der Waals surface area contributed by atoms with Crippen molar-refractivity contribution in [3.63, 3.8) is 0 Å². The van der Waals surface area contributed by atoms with Gasteiger partial charge in [-0.1, -0.05) is 77.9 Å². The molecule has 4 aromatic rings. The van der Waals surface area contributed by atoms with Crippen LogP contribution in [0.5, 0.6) is 11.5 Å². The summed E-state index contributed by atoms with van der Waals surface area (Å²) in [4.78, 5) is 0.